The van der Waals surface area contributed by atoms with Gasteiger partial charge in [0.1, 0.15) is 10.6 Å². The number of hydrogen-bond donors (Lipinski definition) is 2. The van der Waals surface area contributed by atoms with Crippen LogP contribution >= 0.6 is 11.5 Å². The molecule has 6 nitrogen and oxygen atoms in total. The van der Waals surface area contributed by atoms with Crippen molar-refractivity contribution in [3.8, 4) is 0 Å². The number of methoxy groups -OCH3 is 1. The van der Waals surface area contributed by atoms with Crippen molar-refractivity contribution in [2.45, 2.75) is 31.3 Å². The number of esters is 1. The lowest BCUT2D eigenvalue weighted by atomic mass is 10.0. The molecule has 1 aliphatic rings. The molecule has 2 rings (SSSR count). The highest BCUT2D eigenvalue weighted by Gasteiger charge is 2.34. The quantitative estimate of drug-likeness (QED) is 0.809. The van der Waals surface area contributed by atoms with Gasteiger partial charge in [-0.25, -0.2) is 4.79 Å². The van der Waals surface area contributed by atoms with E-state index in [4.69, 9.17) is 10.5 Å². The Bertz CT molecular complexity index is 469. The highest BCUT2D eigenvalue weighted by atomic mass is 32.1. The minimum absolute atomic E-state index is 0.178. The monoisotopic (exact) mass is 285 g/mol. The zero-order valence-electron chi connectivity index (χ0n) is 11.2. The Morgan fingerprint density at radius 2 is 2.21 bits per heavy atom. The Kier molecular flexibility index (Phi) is 3.96. The summed E-state index contributed by atoms with van der Waals surface area (Å²) in [4.78, 5) is 13.6. The Balaban J connectivity index is 2.19. The lowest BCUT2D eigenvalue weighted by Gasteiger charge is -2.29. The third-order valence-electron chi connectivity index (χ3n) is 3.50. The van der Waals surface area contributed by atoms with Gasteiger partial charge in [-0.3, -0.25) is 0 Å². The van der Waals surface area contributed by atoms with Crippen LogP contribution in [0.2, 0.25) is 0 Å². The van der Waals surface area contributed by atoms with Gasteiger partial charge >= 0.3 is 5.97 Å². The molecule has 0 atom stereocenters. The summed E-state index contributed by atoms with van der Waals surface area (Å²) in [6, 6.07) is 0. The number of anilines is 2. The summed E-state index contributed by atoms with van der Waals surface area (Å²) in [7, 11) is 3.14. The summed E-state index contributed by atoms with van der Waals surface area (Å²) in [5.41, 5.74) is 5.31. The summed E-state index contributed by atoms with van der Waals surface area (Å²) in [6.07, 6.45) is 3.66. The minimum atomic E-state index is -0.680. The van der Waals surface area contributed by atoms with Gasteiger partial charge in [-0.2, -0.15) is 4.37 Å². The fraction of sp³-hybridized carbons (Fsp3) is 0.667. The number of aromatic nitrogens is 1. The van der Waals surface area contributed by atoms with Gasteiger partial charge in [0.2, 0.25) is 0 Å². The van der Waals surface area contributed by atoms with Gasteiger partial charge < -0.3 is 20.5 Å². The van der Waals surface area contributed by atoms with Crippen molar-refractivity contribution in [2.75, 3.05) is 31.3 Å². The minimum Gasteiger partial charge on any atom is -0.465 e. The third-order valence-corrected chi connectivity index (χ3v) is 4.48. The maximum Gasteiger partial charge on any atom is 0.344 e. The molecule has 1 aromatic heterocycles. The first-order valence-electron chi connectivity index (χ1n) is 6.24. The maximum absolute atomic E-state index is 11.7. The molecule has 0 spiro atoms. The molecule has 1 saturated carbocycles. The molecule has 3 N–H and O–H groups in total. The first kappa shape index (κ1) is 14.1. The average Bonchev–Trinajstić information content (AvgIpc) is 2.95. The number of carbonyl (C=O) groups excluding carboxylic acids is 1. The van der Waals surface area contributed by atoms with E-state index in [2.05, 4.69) is 4.37 Å². The van der Waals surface area contributed by atoms with Crippen molar-refractivity contribution < 1.29 is 14.6 Å². The van der Waals surface area contributed by atoms with E-state index in [0.717, 1.165) is 37.2 Å². The van der Waals surface area contributed by atoms with Crippen LogP contribution in [0.5, 0.6) is 0 Å². The number of ether oxygens (including phenoxy) is 1. The smallest absolute Gasteiger partial charge is 0.344 e. The Labute approximate surface area is 116 Å². The van der Waals surface area contributed by atoms with E-state index in [0.29, 0.717) is 11.5 Å². The highest BCUT2D eigenvalue weighted by molar-refractivity contribution is 7.11. The molecule has 7 heteroatoms. The molecule has 0 saturated heterocycles. The van der Waals surface area contributed by atoms with Crippen molar-refractivity contribution >= 4 is 28.3 Å². The fourth-order valence-corrected chi connectivity index (χ4v) is 3.31. The fourth-order valence-electron chi connectivity index (χ4n) is 2.55. The maximum atomic E-state index is 11.7. The molecule has 19 heavy (non-hydrogen) atoms. The Morgan fingerprint density at radius 1 is 1.58 bits per heavy atom. The second-order valence-corrected chi connectivity index (χ2v) is 5.78. The van der Waals surface area contributed by atoms with Crippen LogP contribution in [0.1, 0.15) is 36.0 Å². The molecule has 1 aliphatic carbocycles. The topological polar surface area (TPSA) is 88.7 Å². The van der Waals surface area contributed by atoms with Gasteiger partial charge in [0.25, 0.3) is 0 Å². The first-order chi connectivity index (χ1) is 8.97. The SMILES string of the molecule is COC(=O)c1c(N)nsc1N(C)CC1(O)CCCC1. The second-order valence-electron chi connectivity index (χ2n) is 5.03. The van der Waals surface area contributed by atoms with Crippen LogP contribution in [0.15, 0.2) is 0 Å². The molecule has 1 heterocycles. The van der Waals surface area contributed by atoms with E-state index in [1.807, 2.05) is 11.9 Å². The molecule has 0 amide bonds. The van der Waals surface area contributed by atoms with Gasteiger partial charge in [-0.15, -0.1) is 0 Å². The summed E-state index contributed by atoms with van der Waals surface area (Å²) in [5.74, 6) is -0.316. The zero-order valence-corrected chi connectivity index (χ0v) is 12.0. The normalized spacial score (nSPS) is 17.4. The Hall–Kier alpha value is -1.34. The van der Waals surface area contributed by atoms with Gasteiger partial charge in [0.15, 0.2) is 5.82 Å². The van der Waals surface area contributed by atoms with Crippen molar-refractivity contribution in [3.63, 3.8) is 0 Å². The number of nitrogen functional groups attached to an aromatic ring is 1. The average molecular weight is 285 g/mol. The molecule has 0 aliphatic heterocycles. The predicted octanol–water partition coefficient (Wildman–Crippen LogP) is 1.25. The van der Waals surface area contributed by atoms with Crippen LogP contribution in [-0.2, 0) is 4.74 Å². The number of likely N-dealkylation sites (N-methyl/N-ethyl adjacent to an activating group) is 1. The number of carbonyl (C=O) groups is 1. The van der Waals surface area contributed by atoms with E-state index in [1.54, 1.807) is 0 Å². The van der Waals surface area contributed by atoms with Crippen molar-refractivity contribution in [3.05, 3.63) is 5.56 Å². The van der Waals surface area contributed by atoms with Gasteiger partial charge in [0.05, 0.1) is 12.7 Å². The van der Waals surface area contributed by atoms with Crippen LogP contribution in [-0.4, -0.2) is 41.8 Å². The molecule has 0 bridgehead atoms. The van der Waals surface area contributed by atoms with Crippen LogP contribution in [0.4, 0.5) is 10.8 Å². The first-order valence-corrected chi connectivity index (χ1v) is 7.01. The van der Waals surface area contributed by atoms with Crippen molar-refractivity contribution in [1.29, 1.82) is 0 Å². The number of nitrogens with two attached hydrogens (primary N) is 1. The summed E-state index contributed by atoms with van der Waals surface area (Å²) >= 11 is 1.15. The van der Waals surface area contributed by atoms with Gasteiger partial charge in [0, 0.05) is 13.6 Å². The van der Waals surface area contributed by atoms with Crippen molar-refractivity contribution in [2.24, 2.45) is 0 Å². The molecule has 0 radical (unpaired) electrons. The molecule has 1 fully saturated rings. The van der Waals surface area contributed by atoms with Crippen molar-refractivity contribution in [1.82, 2.24) is 4.37 Å². The molecule has 1 aromatic rings. The van der Waals surface area contributed by atoms with Crippen LogP contribution in [0, 0.1) is 0 Å². The van der Waals surface area contributed by atoms with Crippen LogP contribution in [0.25, 0.3) is 0 Å². The van der Waals surface area contributed by atoms with Crippen LogP contribution < -0.4 is 10.6 Å². The number of rotatable bonds is 4. The van der Waals surface area contributed by atoms with Crippen LogP contribution in [0.3, 0.4) is 0 Å². The molecule has 106 valence electrons. The standard InChI is InChI=1S/C12H19N3O3S/c1-15(7-12(17)5-3-4-6-12)10-8(11(16)18-2)9(13)14-19-10/h17H,3-7H2,1-2H3,(H2,13,14). The molecule has 0 unspecified atom stereocenters. The van der Waals surface area contributed by atoms with E-state index < -0.39 is 11.6 Å². The molecular weight excluding hydrogens is 266 g/mol. The van der Waals surface area contributed by atoms with E-state index in [-0.39, 0.29) is 11.4 Å². The largest absolute Gasteiger partial charge is 0.465 e. The van der Waals surface area contributed by atoms with Gasteiger partial charge in [-0.1, -0.05) is 12.8 Å². The number of aliphatic hydroxyl groups is 1. The summed E-state index contributed by atoms with van der Waals surface area (Å²) < 4.78 is 8.72. The van der Waals surface area contributed by atoms with E-state index in [9.17, 15) is 9.90 Å². The van der Waals surface area contributed by atoms with Gasteiger partial charge in [-0.05, 0) is 24.4 Å². The van der Waals surface area contributed by atoms with E-state index >= 15 is 0 Å². The molecular formula is C12H19N3O3S. The van der Waals surface area contributed by atoms with E-state index in [1.165, 1.54) is 7.11 Å². The third kappa shape index (κ3) is 2.82. The zero-order chi connectivity index (χ0) is 14.0. The second kappa shape index (κ2) is 5.34. The Morgan fingerprint density at radius 3 is 2.79 bits per heavy atom. The summed E-state index contributed by atoms with van der Waals surface area (Å²) in [6.45, 7) is 0.471. The summed E-state index contributed by atoms with van der Waals surface area (Å²) in [5, 5.41) is 11.1. The molecule has 0 aromatic carbocycles. The highest BCUT2D eigenvalue weighted by Crippen LogP contribution is 2.35. The predicted molar refractivity (Wildman–Crippen MR) is 74.6 cm³/mol. The lowest BCUT2D eigenvalue weighted by Crippen LogP contribution is -2.39. The number of hydrogen-bond acceptors (Lipinski definition) is 7. The lowest BCUT2D eigenvalue weighted by molar-refractivity contribution is 0.0551. The number of nitrogens with zero attached hydrogens (tertiary/aromatic N) is 2.